The molecule has 1 aliphatic carbocycles. The van der Waals surface area contributed by atoms with Gasteiger partial charge in [0.15, 0.2) is 0 Å². The van der Waals surface area contributed by atoms with Crippen LogP contribution in [0.2, 0.25) is 0 Å². The Labute approximate surface area is 444 Å². The second-order valence-corrected chi connectivity index (χ2v) is 17.3. The molecule has 0 aliphatic heterocycles. The number of rotatable bonds is 11. The summed E-state index contributed by atoms with van der Waals surface area (Å²) in [6.07, 6.45) is 23.5. The molecule has 1 heteroatoms. The first-order chi connectivity index (χ1) is 35.3. The summed E-state index contributed by atoms with van der Waals surface area (Å²) in [5.41, 5.74) is 20.3. The second-order valence-electron chi connectivity index (χ2n) is 17.3. The van der Waals surface area contributed by atoms with E-state index in [1.807, 2.05) is 77.2 Å². The number of para-hydroxylation sites is 2. The standard InChI is InChI=1S/C26H24.C19H15N.2C8H12.C7H12.2C2H6/c1-6-20-18(4)16-24-25(21(20)7-2)22-14-13-17(3)15-23(22)26(24,5)19-11-9-8-10-12-19;1-14-11-12-17-16-9-5-6-10-18(16)20(19(17)13-14)15-7-3-2-4-8-15;1-4-6-7-8(3)5-2;1-4-7-8(5-2)6-3;1-4-6-7(3)5-2;2*1-2/h6-16H,1-2H2,3-5H3;2-13H,1H3;4-7H,1H2,2-3H3;4-5,7H,1-2,6H2,3H3;5-6H,2,4H2,1,3H3;2*1-2H3/b;;7-6-,8-5-;8-7+;7-6-;;. The molecule has 0 N–H and O–H groups in total. The predicted octanol–water partition coefficient (Wildman–Crippen LogP) is 22.0. The van der Waals surface area contributed by atoms with Gasteiger partial charge in [0, 0.05) is 21.9 Å². The summed E-state index contributed by atoms with van der Waals surface area (Å²) >= 11 is 0. The highest BCUT2D eigenvalue weighted by Crippen LogP contribution is 2.55. The number of hydrogen-bond acceptors (Lipinski definition) is 0. The molecule has 7 aromatic rings. The van der Waals surface area contributed by atoms with Gasteiger partial charge in [0.05, 0.1) is 11.0 Å². The molecule has 0 saturated heterocycles. The Kier molecular flexibility index (Phi) is 27.4. The number of allylic oxidation sites excluding steroid dienone is 12. The van der Waals surface area contributed by atoms with E-state index in [0.29, 0.717) is 0 Å². The molecule has 1 aromatic heterocycles. The predicted molar refractivity (Wildman–Crippen MR) is 334 cm³/mol. The van der Waals surface area contributed by atoms with Crippen molar-refractivity contribution < 1.29 is 0 Å². The Morgan fingerprint density at radius 1 is 0.589 bits per heavy atom. The summed E-state index contributed by atoms with van der Waals surface area (Å²) in [5, 5.41) is 2.63. The molecular formula is C72H87N. The van der Waals surface area contributed by atoms with Gasteiger partial charge in [-0.3, -0.25) is 0 Å². The van der Waals surface area contributed by atoms with E-state index >= 15 is 0 Å². The number of fused-ring (bicyclic) bond motifs is 6. The summed E-state index contributed by atoms with van der Waals surface area (Å²) in [5.74, 6) is 0. The van der Waals surface area contributed by atoms with E-state index in [9.17, 15) is 0 Å². The van der Waals surface area contributed by atoms with Crippen LogP contribution in [0.4, 0.5) is 0 Å². The summed E-state index contributed by atoms with van der Waals surface area (Å²) < 4.78 is 2.34. The van der Waals surface area contributed by atoms with Crippen molar-refractivity contribution in [3.8, 4) is 16.8 Å². The van der Waals surface area contributed by atoms with E-state index in [2.05, 4.69) is 239 Å². The van der Waals surface area contributed by atoms with E-state index < -0.39 is 0 Å². The molecule has 0 saturated carbocycles. The van der Waals surface area contributed by atoms with Crippen molar-refractivity contribution in [1.29, 1.82) is 0 Å². The van der Waals surface area contributed by atoms with Gasteiger partial charge in [0.2, 0.25) is 0 Å². The van der Waals surface area contributed by atoms with Gasteiger partial charge in [-0.15, -0.1) is 0 Å². The average molecular weight is 966 g/mol. The monoisotopic (exact) mass is 966 g/mol. The zero-order chi connectivity index (χ0) is 54.5. The number of aromatic nitrogens is 1. The van der Waals surface area contributed by atoms with Crippen molar-refractivity contribution in [3.63, 3.8) is 0 Å². The van der Waals surface area contributed by atoms with Crippen molar-refractivity contribution in [2.45, 2.75) is 108 Å². The lowest BCUT2D eigenvalue weighted by atomic mass is 9.73. The fraction of sp³-hybridized carbons (Fsp3) is 0.222. The number of aryl methyl sites for hydroxylation is 3. The summed E-state index contributed by atoms with van der Waals surface area (Å²) in [7, 11) is 0. The summed E-state index contributed by atoms with van der Waals surface area (Å²) in [6, 6.07) is 45.8. The quantitative estimate of drug-likeness (QED) is 0.114. The van der Waals surface area contributed by atoms with Gasteiger partial charge in [-0.2, -0.15) is 0 Å². The molecule has 6 aromatic carbocycles. The molecule has 0 radical (unpaired) electrons. The van der Waals surface area contributed by atoms with Crippen LogP contribution in [-0.2, 0) is 5.41 Å². The minimum absolute atomic E-state index is 0.167. The van der Waals surface area contributed by atoms with E-state index in [0.717, 1.165) is 12.8 Å². The minimum atomic E-state index is -0.167. The Morgan fingerprint density at radius 2 is 1.16 bits per heavy atom. The van der Waals surface area contributed by atoms with Crippen molar-refractivity contribution in [1.82, 2.24) is 4.57 Å². The third-order valence-electron chi connectivity index (χ3n) is 12.5. The maximum atomic E-state index is 4.12. The molecular weight excluding hydrogens is 879 g/mol. The zero-order valence-corrected chi connectivity index (χ0v) is 47.1. The van der Waals surface area contributed by atoms with E-state index in [1.54, 1.807) is 12.2 Å². The Hall–Kier alpha value is -7.48. The SMILES string of the molecule is C=C/C(C)=C\CC.C=C/C=C(\C=C)CC.C=C/C=C\C(C)=C/C.C=Cc1c(C)cc2c(c1C=C)-c1ccc(C)cc1C2(C)c1ccccc1.CC.CC.Cc1ccc2c3ccccc3n(-c3ccccc3)c2c1. The minimum Gasteiger partial charge on any atom is -0.309 e. The Morgan fingerprint density at radius 3 is 1.68 bits per heavy atom. The number of hydrogen-bond donors (Lipinski definition) is 0. The lowest BCUT2D eigenvalue weighted by Crippen LogP contribution is -2.22. The molecule has 380 valence electrons. The van der Waals surface area contributed by atoms with Crippen molar-refractivity contribution >= 4 is 34.0 Å². The molecule has 0 fully saturated rings. The highest BCUT2D eigenvalue weighted by molar-refractivity contribution is 6.09. The van der Waals surface area contributed by atoms with Crippen LogP contribution < -0.4 is 0 Å². The van der Waals surface area contributed by atoms with Gasteiger partial charge in [0.1, 0.15) is 0 Å². The van der Waals surface area contributed by atoms with Crippen molar-refractivity contribution in [2.75, 3.05) is 0 Å². The van der Waals surface area contributed by atoms with E-state index in [1.165, 1.54) is 99.8 Å². The first-order valence-corrected chi connectivity index (χ1v) is 26.1. The molecule has 8 rings (SSSR count). The lowest BCUT2D eigenvalue weighted by Gasteiger charge is -2.29. The van der Waals surface area contributed by atoms with Gasteiger partial charge in [0.25, 0.3) is 0 Å². The lowest BCUT2D eigenvalue weighted by molar-refractivity contribution is 0.712. The van der Waals surface area contributed by atoms with Gasteiger partial charge in [-0.1, -0.05) is 268 Å². The average Bonchev–Trinajstić information content (AvgIpc) is 3.89. The topological polar surface area (TPSA) is 4.93 Å². The molecule has 0 bridgehead atoms. The first-order valence-electron chi connectivity index (χ1n) is 26.1. The maximum absolute atomic E-state index is 4.12. The zero-order valence-electron chi connectivity index (χ0n) is 47.1. The molecule has 1 nitrogen and oxygen atoms in total. The third kappa shape index (κ3) is 16.0. The normalized spacial score (nSPS) is 13.1. The Bertz CT molecular complexity index is 3010. The van der Waals surface area contributed by atoms with Crippen LogP contribution in [0.25, 0.3) is 50.8 Å². The van der Waals surface area contributed by atoms with Crippen LogP contribution in [0.3, 0.4) is 0 Å². The Balaban J connectivity index is 0.000000342. The van der Waals surface area contributed by atoms with Crippen LogP contribution >= 0.6 is 0 Å². The fourth-order valence-electron chi connectivity index (χ4n) is 8.68. The van der Waals surface area contributed by atoms with Crippen molar-refractivity contribution in [3.05, 3.63) is 283 Å². The van der Waals surface area contributed by atoms with Gasteiger partial charge in [-0.25, -0.2) is 0 Å². The van der Waals surface area contributed by atoms with Crippen LogP contribution in [0.1, 0.15) is 127 Å². The highest BCUT2D eigenvalue weighted by Gasteiger charge is 2.42. The van der Waals surface area contributed by atoms with Crippen LogP contribution in [0, 0.1) is 20.8 Å². The summed E-state index contributed by atoms with van der Waals surface area (Å²) in [6.45, 7) is 49.7. The third-order valence-corrected chi connectivity index (χ3v) is 12.5. The van der Waals surface area contributed by atoms with Crippen LogP contribution in [0.5, 0.6) is 0 Å². The van der Waals surface area contributed by atoms with Crippen molar-refractivity contribution in [2.24, 2.45) is 0 Å². The molecule has 73 heavy (non-hydrogen) atoms. The second kappa shape index (κ2) is 32.5. The summed E-state index contributed by atoms with van der Waals surface area (Å²) in [4.78, 5) is 0. The number of nitrogens with zero attached hydrogens (tertiary/aromatic N) is 1. The highest BCUT2D eigenvalue weighted by atomic mass is 15.0. The van der Waals surface area contributed by atoms with E-state index in [-0.39, 0.29) is 5.41 Å². The fourth-order valence-corrected chi connectivity index (χ4v) is 8.68. The van der Waals surface area contributed by atoms with Crippen LogP contribution in [-0.4, -0.2) is 4.57 Å². The number of benzene rings is 6. The molecule has 0 spiro atoms. The molecule has 0 amide bonds. The smallest absolute Gasteiger partial charge is 0.0543 e. The van der Waals surface area contributed by atoms with Gasteiger partial charge in [-0.05, 0) is 141 Å². The molecule has 1 aliphatic rings. The largest absolute Gasteiger partial charge is 0.309 e. The first kappa shape index (κ1) is 61.6. The van der Waals surface area contributed by atoms with Gasteiger partial charge < -0.3 is 4.57 Å². The maximum Gasteiger partial charge on any atom is 0.0543 e. The van der Waals surface area contributed by atoms with E-state index in [4.69, 9.17) is 0 Å². The molecule has 1 unspecified atom stereocenters. The van der Waals surface area contributed by atoms with Gasteiger partial charge >= 0.3 is 0 Å². The molecule has 1 atom stereocenters. The van der Waals surface area contributed by atoms with Crippen LogP contribution in [0.15, 0.2) is 238 Å². The molecule has 1 heterocycles.